The summed E-state index contributed by atoms with van der Waals surface area (Å²) in [5, 5.41) is 18.6. The van der Waals surface area contributed by atoms with Crippen LogP contribution in [-0.2, 0) is 17.6 Å². The van der Waals surface area contributed by atoms with E-state index >= 15 is 0 Å². The number of pyridine rings is 1. The Morgan fingerprint density at radius 2 is 2.20 bits per heavy atom. The smallest absolute Gasteiger partial charge is 0.146 e. The van der Waals surface area contributed by atoms with Gasteiger partial charge in [-0.2, -0.15) is 5.26 Å². The van der Waals surface area contributed by atoms with Gasteiger partial charge in [-0.05, 0) is 37.3 Å². The van der Waals surface area contributed by atoms with Gasteiger partial charge in [0.1, 0.15) is 11.9 Å². The van der Waals surface area contributed by atoms with Gasteiger partial charge in [-0.3, -0.25) is 0 Å². The number of aliphatic hydroxyl groups is 1. The van der Waals surface area contributed by atoms with Crippen LogP contribution in [0.25, 0.3) is 0 Å². The minimum absolute atomic E-state index is 0.0351. The molecule has 108 valence electrons. The summed E-state index contributed by atoms with van der Waals surface area (Å²) in [6.07, 6.45) is 4.31. The van der Waals surface area contributed by atoms with Crippen LogP contribution in [0.15, 0.2) is 6.07 Å². The Morgan fingerprint density at radius 1 is 1.40 bits per heavy atom. The Morgan fingerprint density at radius 3 is 2.90 bits per heavy atom. The Labute approximate surface area is 119 Å². The number of ether oxygens (including phenoxy) is 1. The maximum atomic E-state index is 9.35. The van der Waals surface area contributed by atoms with Crippen molar-refractivity contribution in [2.75, 3.05) is 38.3 Å². The van der Waals surface area contributed by atoms with Crippen molar-refractivity contribution in [1.29, 1.82) is 5.26 Å². The Bertz CT molecular complexity index is 497. The molecule has 0 fully saturated rings. The number of aryl methyl sites for hydroxylation is 2. The number of hydrogen-bond donors (Lipinski definition) is 1. The standard InChI is InChI=1S/C15H21N3O2/c1-20-9-7-18(6-8-19)15-13(11-16)10-12-4-2-3-5-14(12)17-15/h10,19H,2-9H2,1H3. The molecule has 0 unspecified atom stereocenters. The summed E-state index contributed by atoms with van der Waals surface area (Å²) in [5.74, 6) is 0.680. The van der Waals surface area contributed by atoms with Gasteiger partial charge in [0.25, 0.3) is 0 Å². The minimum atomic E-state index is 0.0351. The monoisotopic (exact) mass is 275 g/mol. The molecule has 0 saturated heterocycles. The van der Waals surface area contributed by atoms with Gasteiger partial charge >= 0.3 is 0 Å². The first-order chi connectivity index (χ1) is 9.80. The molecule has 5 nitrogen and oxygen atoms in total. The summed E-state index contributed by atoms with van der Waals surface area (Å²) in [5.41, 5.74) is 2.90. The van der Waals surface area contributed by atoms with E-state index in [9.17, 15) is 10.4 Å². The van der Waals surface area contributed by atoms with Crippen LogP contribution in [-0.4, -0.2) is 43.5 Å². The van der Waals surface area contributed by atoms with Gasteiger partial charge in [-0.25, -0.2) is 4.98 Å². The van der Waals surface area contributed by atoms with Gasteiger partial charge in [0.2, 0.25) is 0 Å². The van der Waals surface area contributed by atoms with Crippen molar-refractivity contribution in [3.63, 3.8) is 0 Å². The molecule has 1 heterocycles. The fourth-order valence-electron chi connectivity index (χ4n) is 2.59. The lowest BCUT2D eigenvalue weighted by Gasteiger charge is -2.25. The number of anilines is 1. The van der Waals surface area contributed by atoms with Crippen molar-refractivity contribution in [2.45, 2.75) is 25.7 Å². The van der Waals surface area contributed by atoms with Crippen LogP contribution in [0.2, 0.25) is 0 Å². The van der Waals surface area contributed by atoms with Crippen LogP contribution in [0, 0.1) is 11.3 Å². The predicted octanol–water partition coefficient (Wildman–Crippen LogP) is 1.28. The molecular weight excluding hydrogens is 254 g/mol. The third-order valence-corrected chi connectivity index (χ3v) is 3.64. The summed E-state index contributed by atoms with van der Waals surface area (Å²) in [7, 11) is 1.64. The van der Waals surface area contributed by atoms with E-state index in [1.165, 1.54) is 12.0 Å². The molecule has 0 amide bonds. The highest BCUT2D eigenvalue weighted by Crippen LogP contribution is 2.26. The molecule has 0 atom stereocenters. The molecule has 0 saturated carbocycles. The van der Waals surface area contributed by atoms with Crippen molar-refractivity contribution in [3.8, 4) is 6.07 Å². The zero-order valence-corrected chi connectivity index (χ0v) is 11.9. The number of aromatic nitrogens is 1. The van der Waals surface area contributed by atoms with Gasteiger partial charge in [-0.15, -0.1) is 0 Å². The van der Waals surface area contributed by atoms with Gasteiger partial charge in [0.05, 0.1) is 18.8 Å². The van der Waals surface area contributed by atoms with Crippen LogP contribution in [0.5, 0.6) is 0 Å². The quantitative estimate of drug-likeness (QED) is 0.847. The fourth-order valence-corrected chi connectivity index (χ4v) is 2.59. The largest absolute Gasteiger partial charge is 0.395 e. The lowest BCUT2D eigenvalue weighted by Crippen LogP contribution is -2.32. The summed E-state index contributed by atoms with van der Waals surface area (Å²) < 4.78 is 5.09. The van der Waals surface area contributed by atoms with Crippen molar-refractivity contribution in [1.82, 2.24) is 4.98 Å². The minimum Gasteiger partial charge on any atom is -0.395 e. The normalized spacial score (nSPS) is 13.7. The Kier molecular flexibility index (Phi) is 5.33. The second kappa shape index (κ2) is 7.22. The molecule has 1 N–H and O–H groups in total. The van der Waals surface area contributed by atoms with Crippen LogP contribution >= 0.6 is 0 Å². The zero-order chi connectivity index (χ0) is 14.4. The highest BCUT2D eigenvalue weighted by Gasteiger charge is 2.18. The Balaban J connectivity index is 2.34. The van der Waals surface area contributed by atoms with Gasteiger partial charge in [0.15, 0.2) is 0 Å². The van der Waals surface area contributed by atoms with E-state index in [2.05, 4.69) is 6.07 Å². The number of nitriles is 1. The number of fused-ring (bicyclic) bond motifs is 1. The number of rotatable bonds is 6. The van der Waals surface area contributed by atoms with Gasteiger partial charge < -0.3 is 14.7 Å². The maximum Gasteiger partial charge on any atom is 0.146 e. The van der Waals surface area contributed by atoms with Crippen LogP contribution in [0.3, 0.4) is 0 Å². The first kappa shape index (κ1) is 14.8. The summed E-state index contributed by atoms with van der Waals surface area (Å²) >= 11 is 0. The molecule has 1 aliphatic carbocycles. The lowest BCUT2D eigenvalue weighted by molar-refractivity contribution is 0.202. The second-order valence-electron chi connectivity index (χ2n) is 4.99. The maximum absolute atomic E-state index is 9.35. The Hall–Kier alpha value is -1.64. The van der Waals surface area contributed by atoms with Crippen LogP contribution in [0.4, 0.5) is 5.82 Å². The van der Waals surface area contributed by atoms with E-state index in [1.54, 1.807) is 7.11 Å². The molecule has 0 spiro atoms. The van der Waals surface area contributed by atoms with Crippen molar-refractivity contribution < 1.29 is 9.84 Å². The van der Waals surface area contributed by atoms with E-state index in [-0.39, 0.29) is 6.61 Å². The van der Waals surface area contributed by atoms with E-state index in [0.717, 1.165) is 25.0 Å². The van der Waals surface area contributed by atoms with E-state index in [1.807, 2.05) is 11.0 Å². The third-order valence-electron chi connectivity index (χ3n) is 3.64. The molecule has 1 aromatic heterocycles. The average molecular weight is 275 g/mol. The number of hydrogen-bond acceptors (Lipinski definition) is 5. The fraction of sp³-hybridized carbons (Fsp3) is 0.600. The van der Waals surface area contributed by atoms with Gasteiger partial charge in [-0.1, -0.05) is 0 Å². The molecule has 20 heavy (non-hydrogen) atoms. The molecule has 0 bridgehead atoms. The molecule has 1 aliphatic rings. The highest BCUT2D eigenvalue weighted by atomic mass is 16.5. The highest BCUT2D eigenvalue weighted by molar-refractivity contribution is 5.56. The lowest BCUT2D eigenvalue weighted by atomic mass is 9.95. The third kappa shape index (κ3) is 3.27. The molecule has 0 radical (unpaired) electrons. The average Bonchev–Trinajstić information content (AvgIpc) is 2.50. The van der Waals surface area contributed by atoms with Crippen molar-refractivity contribution in [3.05, 3.63) is 22.9 Å². The summed E-state index contributed by atoms with van der Waals surface area (Å²) in [4.78, 5) is 6.62. The summed E-state index contributed by atoms with van der Waals surface area (Å²) in [6.45, 7) is 1.67. The molecule has 0 aromatic carbocycles. The topological polar surface area (TPSA) is 69.4 Å². The SMILES string of the molecule is COCCN(CCO)c1nc2c(cc1C#N)CCCC2. The first-order valence-electron chi connectivity index (χ1n) is 7.07. The van der Waals surface area contributed by atoms with E-state index < -0.39 is 0 Å². The van der Waals surface area contributed by atoms with Crippen molar-refractivity contribution in [2.24, 2.45) is 0 Å². The number of methoxy groups -OCH3 is 1. The molecule has 1 aromatic rings. The first-order valence-corrected chi connectivity index (χ1v) is 7.07. The zero-order valence-electron chi connectivity index (χ0n) is 11.9. The number of nitrogens with zero attached hydrogens (tertiary/aromatic N) is 3. The van der Waals surface area contributed by atoms with Crippen LogP contribution < -0.4 is 4.90 Å². The molecule has 5 heteroatoms. The summed E-state index contributed by atoms with van der Waals surface area (Å²) in [6, 6.07) is 4.20. The number of aliphatic hydroxyl groups excluding tert-OH is 1. The second-order valence-corrected chi connectivity index (χ2v) is 4.99. The van der Waals surface area contributed by atoms with Crippen molar-refractivity contribution >= 4 is 5.82 Å². The van der Waals surface area contributed by atoms with Gasteiger partial charge in [0, 0.05) is 25.9 Å². The van der Waals surface area contributed by atoms with E-state index in [4.69, 9.17) is 9.72 Å². The van der Waals surface area contributed by atoms with Crippen LogP contribution in [0.1, 0.15) is 29.7 Å². The molecular formula is C15H21N3O2. The van der Waals surface area contributed by atoms with E-state index in [0.29, 0.717) is 31.1 Å². The molecule has 0 aliphatic heterocycles. The molecule has 2 rings (SSSR count). The predicted molar refractivity (Wildman–Crippen MR) is 76.8 cm³/mol.